The van der Waals surface area contributed by atoms with Crippen LogP contribution in [0, 0.1) is 0 Å². The molecule has 0 amide bonds. The maximum Gasteiger partial charge on any atom is 0.173 e. The Hall–Kier alpha value is -2.93. The van der Waals surface area contributed by atoms with Crippen molar-refractivity contribution in [3.8, 4) is 16.9 Å². The Kier molecular flexibility index (Phi) is 8.30. The van der Waals surface area contributed by atoms with Gasteiger partial charge < -0.3 is 19.7 Å². The van der Waals surface area contributed by atoms with Gasteiger partial charge in [-0.2, -0.15) is 0 Å². The van der Waals surface area contributed by atoms with Crippen LogP contribution in [0.2, 0.25) is 0 Å². The van der Waals surface area contributed by atoms with Crippen LogP contribution in [0.15, 0.2) is 78.9 Å². The second-order valence-electron chi connectivity index (χ2n) is 8.10. The first kappa shape index (κ1) is 23.2. The minimum atomic E-state index is 0.728. The van der Waals surface area contributed by atoms with Crippen molar-refractivity contribution < 1.29 is 9.47 Å². The van der Waals surface area contributed by atoms with Crippen molar-refractivity contribution in [3.63, 3.8) is 0 Å². The zero-order valence-corrected chi connectivity index (χ0v) is 19.9. The van der Waals surface area contributed by atoms with Gasteiger partial charge in [-0.05, 0) is 53.2 Å². The van der Waals surface area contributed by atoms with Gasteiger partial charge in [-0.3, -0.25) is 4.90 Å². The fourth-order valence-electron chi connectivity index (χ4n) is 3.87. The Morgan fingerprint density at radius 1 is 0.939 bits per heavy atom. The minimum Gasteiger partial charge on any atom is -0.497 e. The van der Waals surface area contributed by atoms with E-state index >= 15 is 0 Å². The molecule has 4 rings (SSSR count). The van der Waals surface area contributed by atoms with Crippen molar-refractivity contribution in [1.29, 1.82) is 0 Å². The smallest absolute Gasteiger partial charge is 0.173 e. The van der Waals surface area contributed by atoms with Gasteiger partial charge in [0.2, 0.25) is 0 Å². The molecule has 1 aliphatic heterocycles. The Balaban J connectivity index is 1.42. The van der Waals surface area contributed by atoms with E-state index in [1.54, 1.807) is 7.11 Å². The molecule has 6 heteroatoms. The Morgan fingerprint density at radius 2 is 1.61 bits per heavy atom. The molecule has 0 bridgehead atoms. The zero-order valence-electron chi connectivity index (χ0n) is 19.1. The monoisotopic (exact) mass is 461 g/mol. The van der Waals surface area contributed by atoms with Crippen LogP contribution in [-0.2, 0) is 11.3 Å². The highest BCUT2D eigenvalue weighted by Gasteiger charge is 2.15. The van der Waals surface area contributed by atoms with E-state index in [0.717, 1.165) is 62.5 Å². The summed E-state index contributed by atoms with van der Waals surface area (Å²) in [5.74, 6) is 0.859. The Morgan fingerprint density at radius 3 is 2.27 bits per heavy atom. The molecule has 1 saturated heterocycles. The zero-order chi connectivity index (χ0) is 22.9. The van der Waals surface area contributed by atoms with Crippen molar-refractivity contribution in [2.75, 3.05) is 51.8 Å². The van der Waals surface area contributed by atoms with Gasteiger partial charge in [0.1, 0.15) is 5.75 Å². The first-order valence-corrected chi connectivity index (χ1v) is 11.8. The van der Waals surface area contributed by atoms with Gasteiger partial charge in [0.15, 0.2) is 5.11 Å². The maximum atomic E-state index is 5.85. The van der Waals surface area contributed by atoms with Gasteiger partial charge >= 0.3 is 0 Å². The van der Waals surface area contributed by atoms with Crippen molar-refractivity contribution in [3.05, 3.63) is 84.4 Å². The number of thiocarbonyl (C=S) groups is 1. The molecule has 3 aromatic rings. The van der Waals surface area contributed by atoms with Crippen LogP contribution in [0.3, 0.4) is 0 Å². The summed E-state index contributed by atoms with van der Waals surface area (Å²) in [6, 6.07) is 27.0. The average molecular weight is 462 g/mol. The predicted molar refractivity (Wildman–Crippen MR) is 139 cm³/mol. The average Bonchev–Trinajstić information content (AvgIpc) is 2.88. The van der Waals surface area contributed by atoms with Gasteiger partial charge in [0, 0.05) is 38.4 Å². The van der Waals surface area contributed by atoms with Crippen LogP contribution in [0.5, 0.6) is 5.75 Å². The molecule has 0 aliphatic carbocycles. The van der Waals surface area contributed by atoms with Crippen LogP contribution in [0.1, 0.15) is 5.56 Å². The molecular formula is C27H31N3O2S. The summed E-state index contributed by atoms with van der Waals surface area (Å²) in [4.78, 5) is 4.67. The lowest BCUT2D eigenvalue weighted by Crippen LogP contribution is -2.43. The lowest BCUT2D eigenvalue weighted by molar-refractivity contribution is 0.0358. The molecule has 5 nitrogen and oxygen atoms in total. The van der Waals surface area contributed by atoms with Gasteiger partial charge in [0.25, 0.3) is 0 Å². The highest BCUT2D eigenvalue weighted by atomic mass is 32.1. The van der Waals surface area contributed by atoms with Crippen molar-refractivity contribution in [2.45, 2.75) is 6.54 Å². The number of rotatable bonds is 8. The third kappa shape index (κ3) is 6.78. The van der Waals surface area contributed by atoms with Crippen LogP contribution in [0.4, 0.5) is 5.69 Å². The first-order valence-electron chi connectivity index (χ1n) is 11.4. The van der Waals surface area contributed by atoms with Crippen molar-refractivity contribution >= 4 is 23.0 Å². The van der Waals surface area contributed by atoms with Gasteiger partial charge in [-0.25, -0.2) is 0 Å². The summed E-state index contributed by atoms with van der Waals surface area (Å²) in [7, 11) is 1.69. The molecule has 0 unspecified atom stereocenters. The molecule has 0 radical (unpaired) electrons. The van der Waals surface area contributed by atoms with Crippen LogP contribution < -0.4 is 10.1 Å². The molecule has 0 aromatic heterocycles. The van der Waals surface area contributed by atoms with E-state index in [1.807, 2.05) is 18.2 Å². The molecule has 33 heavy (non-hydrogen) atoms. The van der Waals surface area contributed by atoms with E-state index in [9.17, 15) is 0 Å². The van der Waals surface area contributed by atoms with Crippen LogP contribution in [0.25, 0.3) is 11.1 Å². The molecule has 0 atom stereocenters. The molecular weight excluding hydrogens is 430 g/mol. The SMILES string of the molecule is COc1ccc(CN(CCN2CCOCC2)C(=S)Nc2ccc(-c3ccccc3)cc2)cc1. The number of hydrogen-bond acceptors (Lipinski definition) is 4. The van der Waals surface area contributed by atoms with Gasteiger partial charge in [-0.15, -0.1) is 0 Å². The topological polar surface area (TPSA) is 37.0 Å². The number of methoxy groups -OCH3 is 1. The third-order valence-corrected chi connectivity index (χ3v) is 6.21. The quantitative estimate of drug-likeness (QED) is 0.481. The highest BCUT2D eigenvalue weighted by molar-refractivity contribution is 7.80. The number of ether oxygens (including phenoxy) is 2. The predicted octanol–water partition coefficient (Wildman–Crippen LogP) is 4.89. The normalized spacial score (nSPS) is 14.0. The maximum absolute atomic E-state index is 5.85. The van der Waals surface area contributed by atoms with E-state index < -0.39 is 0 Å². The lowest BCUT2D eigenvalue weighted by atomic mass is 10.1. The summed E-state index contributed by atoms with van der Waals surface area (Å²) in [5.41, 5.74) is 4.58. The van der Waals surface area contributed by atoms with E-state index in [-0.39, 0.29) is 0 Å². The summed E-state index contributed by atoms with van der Waals surface area (Å²) in [6.07, 6.45) is 0. The fourth-order valence-corrected chi connectivity index (χ4v) is 4.14. The van der Waals surface area contributed by atoms with Crippen LogP contribution in [-0.4, -0.2) is 61.4 Å². The molecule has 0 spiro atoms. The van der Waals surface area contributed by atoms with E-state index in [1.165, 1.54) is 16.7 Å². The Labute approximate surface area is 201 Å². The molecule has 1 heterocycles. The number of anilines is 1. The van der Waals surface area contributed by atoms with Crippen LogP contribution >= 0.6 is 12.2 Å². The molecule has 1 aliphatic rings. The number of benzene rings is 3. The third-order valence-electron chi connectivity index (χ3n) is 5.85. The molecule has 3 aromatic carbocycles. The summed E-state index contributed by atoms with van der Waals surface area (Å²) < 4.78 is 10.8. The molecule has 1 N–H and O–H groups in total. The summed E-state index contributed by atoms with van der Waals surface area (Å²) in [5, 5.41) is 4.17. The van der Waals surface area contributed by atoms with Gasteiger partial charge in [0.05, 0.1) is 20.3 Å². The summed E-state index contributed by atoms with van der Waals surface area (Å²) in [6.45, 7) is 6.08. The van der Waals surface area contributed by atoms with E-state index in [4.69, 9.17) is 21.7 Å². The molecule has 0 saturated carbocycles. The molecule has 172 valence electrons. The largest absolute Gasteiger partial charge is 0.497 e. The first-order chi connectivity index (χ1) is 16.2. The Bertz CT molecular complexity index is 1000. The summed E-state index contributed by atoms with van der Waals surface area (Å²) >= 11 is 5.85. The van der Waals surface area contributed by atoms with Crippen molar-refractivity contribution in [2.24, 2.45) is 0 Å². The number of hydrogen-bond donors (Lipinski definition) is 1. The standard InChI is InChI=1S/C27H31N3O2S/c1-31-26-13-7-22(8-14-26)21-30(16-15-29-17-19-32-20-18-29)27(33)28-25-11-9-24(10-12-25)23-5-3-2-4-6-23/h2-14H,15-21H2,1H3,(H,28,33). The van der Waals surface area contributed by atoms with E-state index in [2.05, 4.69) is 75.8 Å². The number of morpholine rings is 1. The van der Waals surface area contributed by atoms with Gasteiger partial charge in [-0.1, -0.05) is 54.6 Å². The molecule has 1 fully saturated rings. The fraction of sp³-hybridized carbons (Fsp3) is 0.296. The second kappa shape index (κ2) is 11.8. The number of nitrogens with zero attached hydrogens (tertiary/aromatic N) is 2. The van der Waals surface area contributed by atoms with E-state index in [0.29, 0.717) is 0 Å². The highest BCUT2D eigenvalue weighted by Crippen LogP contribution is 2.21. The minimum absolute atomic E-state index is 0.728. The van der Waals surface area contributed by atoms with Crippen molar-refractivity contribution in [1.82, 2.24) is 9.80 Å². The number of nitrogens with one attached hydrogen (secondary N) is 1. The lowest BCUT2D eigenvalue weighted by Gasteiger charge is -2.31. The second-order valence-corrected chi connectivity index (χ2v) is 8.48.